The van der Waals surface area contributed by atoms with Crippen LogP contribution in [0.3, 0.4) is 0 Å². The lowest BCUT2D eigenvalue weighted by Gasteiger charge is -2.02. The van der Waals surface area contributed by atoms with E-state index in [1.54, 1.807) is 0 Å². The molecule has 0 saturated heterocycles. The van der Waals surface area contributed by atoms with Gasteiger partial charge in [0.05, 0.1) is 0 Å². The van der Waals surface area contributed by atoms with Gasteiger partial charge >= 0.3 is 0 Å². The third-order valence-electron chi connectivity index (χ3n) is 1.36. The fourth-order valence-corrected chi connectivity index (χ4v) is 0.983. The summed E-state index contributed by atoms with van der Waals surface area (Å²) in [4.78, 5) is 9.97. The van der Waals surface area contributed by atoms with E-state index in [9.17, 15) is 4.79 Å². The van der Waals surface area contributed by atoms with Crippen molar-refractivity contribution < 1.29 is 4.79 Å². The van der Waals surface area contributed by atoms with Gasteiger partial charge in [-0.15, -0.1) is 0 Å². The number of carbonyl (C=O) groups excluding carboxylic acids is 1. The van der Waals surface area contributed by atoms with Crippen LogP contribution in [0.2, 0.25) is 0 Å². The van der Waals surface area contributed by atoms with Gasteiger partial charge < -0.3 is 4.79 Å². The number of rotatable bonds is 4. The highest BCUT2D eigenvalue weighted by Gasteiger charge is 1.95. The largest absolute Gasteiger partial charge is 0.303 e. The van der Waals surface area contributed by atoms with Gasteiger partial charge in [-0.1, -0.05) is 18.6 Å². The highest BCUT2D eigenvalue weighted by molar-refractivity contribution is 5.49. The quantitative estimate of drug-likeness (QED) is 0.433. The average molecular weight is 140 g/mol. The van der Waals surface area contributed by atoms with Crippen LogP contribution in [0, 0.1) is 5.92 Å². The maximum atomic E-state index is 9.97. The van der Waals surface area contributed by atoms with E-state index in [-0.39, 0.29) is 0 Å². The van der Waals surface area contributed by atoms with E-state index < -0.39 is 0 Å². The molecule has 0 aliphatic heterocycles. The third-order valence-corrected chi connectivity index (χ3v) is 1.36. The maximum Gasteiger partial charge on any atom is 0.120 e. The van der Waals surface area contributed by atoms with Gasteiger partial charge in [0.15, 0.2) is 0 Å². The summed E-state index contributed by atoms with van der Waals surface area (Å²) < 4.78 is 0. The van der Waals surface area contributed by atoms with Crippen molar-refractivity contribution in [3.05, 3.63) is 11.6 Å². The van der Waals surface area contributed by atoms with Gasteiger partial charge in [0.2, 0.25) is 0 Å². The van der Waals surface area contributed by atoms with Crippen molar-refractivity contribution >= 4 is 6.29 Å². The molecular formula is C9H16O. The summed E-state index contributed by atoms with van der Waals surface area (Å²) in [7, 11) is 0. The lowest BCUT2D eigenvalue weighted by atomic mass is 10.0. The highest BCUT2D eigenvalue weighted by Crippen LogP contribution is 2.07. The predicted molar refractivity (Wildman–Crippen MR) is 43.9 cm³/mol. The number of aldehydes is 1. The van der Waals surface area contributed by atoms with Gasteiger partial charge in [-0.3, -0.25) is 0 Å². The van der Waals surface area contributed by atoms with E-state index in [1.807, 2.05) is 0 Å². The van der Waals surface area contributed by atoms with Crippen LogP contribution in [-0.4, -0.2) is 6.29 Å². The molecule has 0 fully saturated rings. The SMILES string of the molecule is CC(C)=CC(C)CCC=O. The molecule has 0 amide bonds. The van der Waals surface area contributed by atoms with Gasteiger partial charge in [0.25, 0.3) is 0 Å². The molecule has 0 bridgehead atoms. The number of hydrogen-bond acceptors (Lipinski definition) is 1. The first-order valence-corrected chi connectivity index (χ1v) is 3.75. The molecule has 0 spiro atoms. The molecule has 10 heavy (non-hydrogen) atoms. The molecule has 0 aromatic rings. The van der Waals surface area contributed by atoms with E-state index in [0.717, 1.165) is 12.7 Å². The van der Waals surface area contributed by atoms with Crippen LogP contribution < -0.4 is 0 Å². The Hall–Kier alpha value is -0.590. The lowest BCUT2D eigenvalue weighted by Crippen LogP contribution is -1.90. The molecule has 1 heteroatoms. The Kier molecular flexibility index (Phi) is 4.91. The third kappa shape index (κ3) is 5.54. The van der Waals surface area contributed by atoms with Crippen molar-refractivity contribution in [3.63, 3.8) is 0 Å². The zero-order valence-electron chi connectivity index (χ0n) is 7.05. The summed E-state index contributed by atoms with van der Waals surface area (Å²) in [5, 5.41) is 0. The van der Waals surface area contributed by atoms with Crippen molar-refractivity contribution in [3.8, 4) is 0 Å². The zero-order valence-corrected chi connectivity index (χ0v) is 7.05. The molecule has 0 saturated carbocycles. The van der Waals surface area contributed by atoms with Gasteiger partial charge in [0, 0.05) is 6.42 Å². The molecule has 0 N–H and O–H groups in total. The summed E-state index contributed by atoms with van der Waals surface area (Å²) in [5.74, 6) is 0.551. The molecule has 0 aromatic carbocycles. The Morgan fingerprint density at radius 2 is 2.10 bits per heavy atom. The second kappa shape index (κ2) is 5.21. The Bertz CT molecular complexity index is 121. The predicted octanol–water partition coefficient (Wildman–Crippen LogP) is 2.57. The minimum atomic E-state index is 0.551. The molecule has 0 rings (SSSR count). The van der Waals surface area contributed by atoms with Crippen LogP contribution in [-0.2, 0) is 4.79 Å². The second-order valence-electron chi connectivity index (χ2n) is 2.97. The summed E-state index contributed by atoms with van der Waals surface area (Å²) in [6.45, 7) is 6.30. The van der Waals surface area contributed by atoms with E-state index in [4.69, 9.17) is 0 Å². The molecule has 0 aromatic heterocycles. The summed E-state index contributed by atoms with van der Waals surface area (Å²) in [6.07, 6.45) is 4.85. The first-order valence-electron chi connectivity index (χ1n) is 3.75. The monoisotopic (exact) mass is 140 g/mol. The minimum Gasteiger partial charge on any atom is -0.303 e. The maximum absolute atomic E-state index is 9.97. The minimum absolute atomic E-state index is 0.551. The van der Waals surface area contributed by atoms with Crippen LogP contribution in [0.15, 0.2) is 11.6 Å². The Balaban J connectivity index is 3.52. The van der Waals surface area contributed by atoms with E-state index >= 15 is 0 Å². The summed E-state index contributed by atoms with van der Waals surface area (Å²) >= 11 is 0. The molecule has 1 unspecified atom stereocenters. The molecule has 1 atom stereocenters. The molecule has 1 nitrogen and oxygen atoms in total. The second-order valence-corrected chi connectivity index (χ2v) is 2.97. The first-order chi connectivity index (χ1) is 4.66. The lowest BCUT2D eigenvalue weighted by molar-refractivity contribution is -0.108. The van der Waals surface area contributed by atoms with Crippen LogP contribution >= 0.6 is 0 Å². The highest BCUT2D eigenvalue weighted by atomic mass is 16.1. The molecule has 0 aliphatic rings. The van der Waals surface area contributed by atoms with E-state index in [1.165, 1.54) is 5.57 Å². The number of carbonyl (C=O) groups is 1. The first kappa shape index (κ1) is 9.41. The Morgan fingerprint density at radius 1 is 1.50 bits per heavy atom. The van der Waals surface area contributed by atoms with Crippen LogP contribution in [0.25, 0.3) is 0 Å². The van der Waals surface area contributed by atoms with Gasteiger partial charge in [-0.2, -0.15) is 0 Å². The van der Waals surface area contributed by atoms with Gasteiger partial charge in [-0.25, -0.2) is 0 Å². The summed E-state index contributed by atoms with van der Waals surface area (Å²) in [5.41, 5.74) is 1.33. The fraction of sp³-hybridized carbons (Fsp3) is 0.667. The standard InChI is InChI=1S/C9H16O/c1-8(2)7-9(3)5-4-6-10/h6-7,9H,4-5H2,1-3H3. The van der Waals surface area contributed by atoms with E-state index in [0.29, 0.717) is 12.3 Å². The fourth-order valence-electron chi connectivity index (χ4n) is 0.983. The molecule has 0 radical (unpaired) electrons. The van der Waals surface area contributed by atoms with Crippen molar-refractivity contribution in [1.29, 1.82) is 0 Å². The molecule has 0 heterocycles. The van der Waals surface area contributed by atoms with Crippen molar-refractivity contribution in [1.82, 2.24) is 0 Å². The Labute approximate surface area is 63.1 Å². The van der Waals surface area contributed by atoms with Crippen LogP contribution in [0.1, 0.15) is 33.6 Å². The Morgan fingerprint density at radius 3 is 2.50 bits per heavy atom. The van der Waals surface area contributed by atoms with Crippen molar-refractivity contribution in [2.75, 3.05) is 0 Å². The van der Waals surface area contributed by atoms with Crippen molar-refractivity contribution in [2.24, 2.45) is 5.92 Å². The van der Waals surface area contributed by atoms with E-state index in [2.05, 4.69) is 26.8 Å². The van der Waals surface area contributed by atoms with Crippen molar-refractivity contribution in [2.45, 2.75) is 33.6 Å². The smallest absolute Gasteiger partial charge is 0.120 e. The van der Waals surface area contributed by atoms with Crippen LogP contribution in [0.5, 0.6) is 0 Å². The zero-order chi connectivity index (χ0) is 7.98. The summed E-state index contributed by atoms with van der Waals surface area (Å²) in [6, 6.07) is 0. The average Bonchev–Trinajstić information content (AvgIpc) is 1.82. The normalized spacial score (nSPS) is 12.3. The number of hydrogen-bond donors (Lipinski definition) is 0. The molecular weight excluding hydrogens is 124 g/mol. The molecule has 58 valence electrons. The topological polar surface area (TPSA) is 17.1 Å². The molecule has 0 aliphatic carbocycles. The van der Waals surface area contributed by atoms with Gasteiger partial charge in [0.1, 0.15) is 6.29 Å². The van der Waals surface area contributed by atoms with Crippen LogP contribution in [0.4, 0.5) is 0 Å². The number of allylic oxidation sites excluding steroid dienone is 2. The van der Waals surface area contributed by atoms with Gasteiger partial charge in [-0.05, 0) is 26.2 Å².